The van der Waals surface area contributed by atoms with E-state index in [1.54, 1.807) is 11.8 Å². The van der Waals surface area contributed by atoms with Crippen molar-refractivity contribution in [1.82, 2.24) is 9.97 Å². The molecule has 0 amide bonds. The average Bonchev–Trinajstić information content (AvgIpc) is 2.28. The second kappa shape index (κ2) is 6.19. The highest BCUT2D eigenvalue weighted by molar-refractivity contribution is 6.29. The highest BCUT2D eigenvalue weighted by Crippen LogP contribution is 2.29. The Bertz CT molecular complexity index is 400. The van der Waals surface area contributed by atoms with E-state index >= 15 is 0 Å². The molecule has 0 aromatic carbocycles. The van der Waals surface area contributed by atoms with Crippen LogP contribution in [0.25, 0.3) is 0 Å². The van der Waals surface area contributed by atoms with E-state index < -0.39 is 12.0 Å². The topological polar surface area (TPSA) is 49.2 Å². The molecule has 0 atom stereocenters. The normalized spacial score (nSPS) is 11.7. The van der Waals surface area contributed by atoms with Gasteiger partial charge in [-0.3, -0.25) is 0 Å². The van der Waals surface area contributed by atoms with Crippen LogP contribution in [0.4, 0.5) is 19.0 Å². The van der Waals surface area contributed by atoms with E-state index in [4.69, 9.17) is 16.7 Å². The highest BCUT2D eigenvalue weighted by Gasteiger charge is 2.35. The molecule has 102 valence electrons. The Morgan fingerprint density at radius 2 is 2.06 bits per heavy atom. The molecule has 0 aliphatic rings. The number of rotatable bonds is 5. The molecule has 0 bridgehead atoms. The largest absolute Gasteiger partial charge is 0.451 e. The fourth-order valence-corrected chi connectivity index (χ4v) is 1.57. The van der Waals surface area contributed by atoms with Crippen molar-refractivity contribution in [2.75, 3.05) is 24.6 Å². The summed E-state index contributed by atoms with van der Waals surface area (Å²) >= 11 is 5.56. The first-order chi connectivity index (χ1) is 8.38. The van der Waals surface area contributed by atoms with Crippen LogP contribution in [0.15, 0.2) is 6.07 Å². The van der Waals surface area contributed by atoms with Crippen molar-refractivity contribution >= 4 is 17.4 Å². The summed E-state index contributed by atoms with van der Waals surface area (Å²) in [5.41, 5.74) is 0. The maximum Gasteiger partial charge on any atom is 0.451 e. The van der Waals surface area contributed by atoms with Crippen LogP contribution in [0.5, 0.6) is 0 Å². The van der Waals surface area contributed by atoms with Gasteiger partial charge in [-0.05, 0) is 13.3 Å². The summed E-state index contributed by atoms with van der Waals surface area (Å²) in [6, 6.07) is 1.28. The molecule has 0 aliphatic carbocycles. The van der Waals surface area contributed by atoms with E-state index in [-0.39, 0.29) is 17.6 Å². The van der Waals surface area contributed by atoms with Gasteiger partial charge in [0.05, 0.1) is 0 Å². The summed E-state index contributed by atoms with van der Waals surface area (Å²) in [5, 5.41) is 8.48. The first-order valence-electron chi connectivity index (χ1n) is 5.36. The predicted molar refractivity (Wildman–Crippen MR) is 61.6 cm³/mol. The zero-order valence-electron chi connectivity index (χ0n) is 9.71. The van der Waals surface area contributed by atoms with Crippen LogP contribution in [0.1, 0.15) is 19.2 Å². The molecule has 1 heterocycles. The molecule has 4 nitrogen and oxygen atoms in total. The number of halogens is 4. The van der Waals surface area contributed by atoms with Crippen molar-refractivity contribution in [3.05, 3.63) is 17.0 Å². The maximum atomic E-state index is 12.5. The second-order valence-corrected chi connectivity index (χ2v) is 3.91. The quantitative estimate of drug-likeness (QED) is 0.843. The third kappa shape index (κ3) is 3.99. The van der Waals surface area contributed by atoms with Crippen molar-refractivity contribution in [3.63, 3.8) is 0 Å². The van der Waals surface area contributed by atoms with Gasteiger partial charge in [0.25, 0.3) is 0 Å². The van der Waals surface area contributed by atoms with Crippen molar-refractivity contribution in [1.29, 1.82) is 0 Å². The molecule has 18 heavy (non-hydrogen) atoms. The Hall–Kier alpha value is -1.08. The lowest BCUT2D eigenvalue weighted by atomic mass is 10.3. The smallest absolute Gasteiger partial charge is 0.396 e. The minimum absolute atomic E-state index is 0.0402. The third-order valence-electron chi connectivity index (χ3n) is 2.23. The molecule has 0 fully saturated rings. The Morgan fingerprint density at radius 3 is 2.56 bits per heavy atom. The van der Waals surface area contributed by atoms with Crippen LogP contribution in [0.3, 0.4) is 0 Å². The van der Waals surface area contributed by atoms with Gasteiger partial charge >= 0.3 is 6.18 Å². The van der Waals surface area contributed by atoms with Crippen LogP contribution < -0.4 is 4.90 Å². The number of aliphatic hydroxyl groups is 1. The number of nitrogens with zero attached hydrogens (tertiary/aromatic N) is 3. The van der Waals surface area contributed by atoms with Gasteiger partial charge < -0.3 is 10.0 Å². The van der Waals surface area contributed by atoms with E-state index in [9.17, 15) is 13.2 Å². The Kier molecular flexibility index (Phi) is 5.15. The van der Waals surface area contributed by atoms with Gasteiger partial charge in [0, 0.05) is 25.8 Å². The molecule has 0 saturated carbocycles. The van der Waals surface area contributed by atoms with Crippen molar-refractivity contribution < 1.29 is 18.3 Å². The lowest BCUT2D eigenvalue weighted by molar-refractivity contribution is -0.144. The van der Waals surface area contributed by atoms with Crippen LogP contribution in [-0.2, 0) is 6.18 Å². The van der Waals surface area contributed by atoms with E-state index in [1.807, 2.05) is 0 Å². The van der Waals surface area contributed by atoms with Crippen LogP contribution >= 0.6 is 11.6 Å². The van der Waals surface area contributed by atoms with E-state index in [1.165, 1.54) is 6.07 Å². The van der Waals surface area contributed by atoms with Gasteiger partial charge in [0.15, 0.2) is 0 Å². The van der Waals surface area contributed by atoms with E-state index in [2.05, 4.69) is 9.97 Å². The third-order valence-corrected chi connectivity index (χ3v) is 2.42. The first-order valence-corrected chi connectivity index (χ1v) is 5.74. The van der Waals surface area contributed by atoms with Gasteiger partial charge in [-0.1, -0.05) is 11.6 Å². The zero-order chi connectivity index (χ0) is 13.8. The Labute approximate surface area is 107 Å². The SMILES string of the molecule is CCN(CCCO)c1cc(Cl)nc(C(F)(F)F)n1. The van der Waals surface area contributed by atoms with Gasteiger partial charge in [-0.25, -0.2) is 9.97 Å². The van der Waals surface area contributed by atoms with Crippen molar-refractivity contribution in [2.45, 2.75) is 19.5 Å². The number of hydrogen-bond donors (Lipinski definition) is 1. The molecular weight excluding hydrogens is 271 g/mol. The number of aliphatic hydroxyl groups excluding tert-OH is 1. The number of alkyl halides is 3. The zero-order valence-corrected chi connectivity index (χ0v) is 10.5. The second-order valence-electron chi connectivity index (χ2n) is 3.53. The summed E-state index contributed by atoms with van der Waals surface area (Å²) in [7, 11) is 0. The number of anilines is 1. The molecule has 1 aromatic rings. The van der Waals surface area contributed by atoms with Gasteiger partial charge in [-0.2, -0.15) is 13.2 Å². The fourth-order valence-electron chi connectivity index (χ4n) is 1.39. The van der Waals surface area contributed by atoms with Crippen molar-refractivity contribution in [3.8, 4) is 0 Å². The first kappa shape index (κ1) is 15.0. The van der Waals surface area contributed by atoms with Gasteiger partial charge in [0.1, 0.15) is 11.0 Å². The molecule has 1 rings (SSSR count). The lowest BCUT2D eigenvalue weighted by Gasteiger charge is -2.22. The summed E-state index contributed by atoms with van der Waals surface area (Å²) in [5.74, 6) is -1.15. The summed E-state index contributed by atoms with van der Waals surface area (Å²) in [6.45, 7) is 2.60. The molecule has 0 radical (unpaired) electrons. The Balaban J connectivity index is 3.04. The molecular formula is C10H13ClF3N3O. The molecule has 0 aliphatic heterocycles. The Morgan fingerprint density at radius 1 is 1.39 bits per heavy atom. The van der Waals surface area contributed by atoms with Crippen LogP contribution in [0, 0.1) is 0 Å². The lowest BCUT2D eigenvalue weighted by Crippen LogP contribution is -2.27. The van der Waals surface area contributed by atoms with Crippen LogP contribution in [-0.4, -0.2) is 34.8 Å². The average molecular weight is 284 g/mol. The van der Waals surface area contributed by atoms with Crippen molar-refractivity contribution in [2.24, 2.45) is 0 Å². The molecule has 0 saturated heterocycles. The summed E-state index contributed by atoms with van der Waals surface area (Å²) < 4.78 is 37.6. The highest BCUT2D eigenvalue weighted by atomic mass is 35.5. The van der Waals surface area contributed by atoms with E-state index in [0.29, 0.717) is 19.5 Å². The molecule has 1 aromatic heterocycles. The minimum atomic E-state index is -4.63. The molecule has 1 N–H and O–H groups in total. The number of aromatic nitrogens is 2. The number of hydrogen-bond acceptors (Lipinski definition) is 4. The molecule has 8 heteroatoms. The van der Waals surface area contributed by atoms with E-state index in [0.717, 1.165) is 0 Å². The summed E-state index contributed by atoms with van der Waals surface area (Å²) in [6.07, 6.45) is -4.19. The summed E-state index contributed by atoms with van der Waals surface area (Å²) in [4.78, 5) is 8.20. The van der Waals surface area contributed by atoms with Crippen LogP contribution in [0.2, 0.25) is 5.15 Å². The monoisotopic (exact) mass is 283 g/mol. The standard InChI is InChI=1S/C10H13ClF3N3O/c1-2-17(4-3-5-18)8-6-7(11)15-9(16-8)10(12,13)14/h6,18H,2-5H2,1H3. The maximum absolute atomic E-state index is 12.5. The minimum Gasteiger partial charge on any atom is -0.396 e. The fraction of sp³-hybridized carbons (Fsp3) is 0.600. The predicted octanol–water partition coefficient (Wildman–Crippen LogP) is 2.36. The molecule has 0 unspecified atom stereocenters. The molecule has 0 spiro atoms. The van der Waals surface area contributed by atoms with Gasteiger partial charge in [-0.15, -0.1) is 0 Å². The van der Waals surface area contributed by atoms with Gasteiger partial charge in [0.2, 0.25) is 5.82 Å².